The maximum absolute atomic E-state index is 11.7. The molecule has 2 aliphatic carbocycles. The first-order valence-electron chi connectivity index (χ1n) is 10.3. The van der Waals surface area contributed by atoms with Crippen LogP contribution >= 0.6 is 0 Å². The van der Waals surface area contributed by atoms with E-state index in [4.69, 9.17) is 14.2 Å². The highest BCUT2D eigenvalue weighted by Crippen LogP contribution is 2.61. The van der Waals surface area contributed by atoms with Gasteiger partial charge in [-0.05, 0) is 68.2 Å². The summed E-state index contributed by atoms with van der Waals surface area (Å²) in [6, 6.07) is 5.66. The summed E-state index contributed by atoms with van der Waals surface area (Å²) < 4.78 is 17.3. The van der Waals surface area contributed by atoms with Gasteiger partial charge >= 0.3 is 11.9 Å². The number of hydrogen-bond acceptors (Lipinski definition) is 5. The maximum atomic E-state index is 11.7. The third-order valence-electron chi connectivity index (χ3n) is 6.87. The average molecular weight is 384 g/mol. The molecule has 1 aromatic carbocycles. The number of hydrogen-bond donors (Lipinski definition) is 0. The lowest BCUT2D eigenvalue weighted by atomic mass is 9.61. The van der Waals surface area contributed by atoms with E-state index >= 15 is 0 Å². The maximum Gasteiger partial charge on any atom is 0.308 e. The molecule has 3 aliphatic rings. The fourth-order valence-corrected chi connectivity index (χ4v) is 5.81. The molecule has 0 saturated heterocycles. The van der Waals surface area contributed by atoms with Crippen molar-refractivity contribution < 1.29 is 23.8 Å². The fraction of sp³-hybridized carbons (Fsp3) is 0.565. The second-order valence-corrected chi connectivity index (χ2v) is 8.26. The summed E-state index contributed by atoms with van der Waals surface area (Å²) >= 11 is 0. The summed E-state index contributed by atoms with van der Waals surface area (Å²) in [5.74, 6) is 1.15. The van der Waals surface area contributed by atoms with E-state index in [1.165, 1.54) is 25.0 Å². The Morgan fingerprint density at radius 2 is 2.00 bits per heavy atom. The Hall–Kier alpha value is -2.30. The highest BCUT2D eigenvalue weighted by molar-refractivity contribution is 5.78. The van der Waals surface area contributed by atoms with Crippen molar-refractivity contribution in [3.8, 4) is 11.5 Å². The number of carbonyl (C=O) groups excluding carboxylic acids is 2. The predicted octanol–water partition coefficient (Wildman–Crippen LogP) is 4.68. The van der Waals surface area contributed by atoms with E-state index in [0.717, 1.165) is 43.4 Å². The number of carbonyl (C=O) groups is 2. The second kappa shape index (κ2) is 6.94. The summed E-state index contributed by atoms with van der Waals surface area (Å²) in [7, 11) is 0. The molecule has 0 bridgehead atoms. The monoisotopic (exact) mass is 384 g/mol. The van der Waals surface area contributed by atoms with Crippen LogP contribution in [0.4, 0.5) is 0 Å². The zero-order valence-corrected chi connectivity index (χ0v) is 17.0. The van der Waals surface area contributed by atoms with E-state index in [0.29, 0.717) is 11.7 Å². The van der Waals surface area contributed by atoms with Crippen molar-refractivity contribution in [3.63, 3.8) is 0 Å². The topological polar surface area (TPSA) is 61.8 Å². The van der Waals surface area contributed by atoms with Gasteiger partial charge in [0, 0.05) is 30.9 Å². The lowest BCUT2D eigenvalue weighted by Crippen LogP contribution is -2.43. The largest absolute Gasteiger partial charge is 0.486 e. The van der Waals surface area contributed by atoms with Crippen molar-refractivity contribution in [1.82, 2.24) is 0 Å². The van der Waals surface area contributed by atoms with Crippen molar-refractivity contribution in [2.24, 2.45) is 11.3 Å². The summed E-state index contributed by atoms with van der Waals surface area (Å²) in [5.41, 5.74) is 3.85. The van der Waals surface area contributed by atoms with E-state index in [2.05, 4.69) is 13.8 Å². The molecule has 0 unspecified atom stereocenters. The number of ether oxygens (including phenoxy) is 3. The van der Waals surface area contributed by atoms with E-state index in [1.54, 1.807) is 0 Å². The molecule has 1 saturated carbocycles. The Morgan fingerprint density at radius 1 is 1.21 bits per heavy atom. The Morgan fingerprint density at radius 3 is 2.68 bits per heavy atom. The van der Waals surface area contributed by atoms with Crippen molar-refractivity contribution in [2.75, 3.05) is 0 Å². The van der Waals surface area contributed by atoms with Gasteiger partial charge in [0.15, 0.2) is 0 Å². The lowest BCUT2D eigenvalue weighted by molar-refractivity contribution is -0.153. The SMILES string of the molecule is CC[C@]12CCC3=C([C@H](C)Oc4cc(OC(C)=O)ccc43)[C@@H]1CC[C@@H]2OC(C)=O. The van der Waals surface area contributed by atoms with E-state index in [-0.39, 0.29) is 29.6 Å². The van der Waals surface area contributed by atoms with E-state index in [1.807, 2.05) is 18.2 Å². The first kappa shape index (κ1) is 19.0. The van der Waals surface area contributed by atoms with Gasteiger partial charge in [-0.1, -0.05) is 6.92 Å². The summed E-state index contributed by atoms with van der Waals surface area (Å²) in [5, 5.41) is 0. The lowest BCUT2D eigenvalue weighted by Gasteiger charge is -2.47. The smallest absolute Gasteiger partial charge is 0.308 e. The zero-order chi connectivity index (χ0) is 20.1. The normalized spacial score (nSPS) is 30.6. The second-order valence-electron chi connectivity index (χ2n) is 8.26. The summed E-state index contributed by atoms with van der Waals surface area (Å²) in [6.07, 6.45) is 4.86. The molecule has 1 aliphatic heterocycles. The zero-order valence-electron chi connectivity index (χ0n) is 17.0. The van der Waals surface area contributed by atoms with Crippen molar-refractivity contribution in [1.29, 1.82) is 0 Å². The van der Waals surface area contributed by atoms with Crippen LogP contribution in [0.15, 0.2) is 23.8 Å². The highest BCUT2D eigenvalue weighted by atomic mass is 16.5. The van der Waals surface area contributed by atoms with Gasteiger partial charge in [0.25, 0.3) is 0 Å². The molecule has 28 heavy (non-hydrogen) atoms. The van der Waals surface area contributed by atoms with E-state index < -0.39 is 0 Å². The van der Waals surface area contributed by atoms with Crippen LogP contribution in [0, 0.1) is 11.3 Å². The molecule has 4 atom stereocenters. The minimum atomic E-state index is -0.337. The molecular weight excluding hydrogens is 356 g/mol. The number of fused-ring (bicyclic) bond motifs is 4. The number of esters is 2. The average Bonchev–Trinajstić information content (AvgIpc) is 2.99. The quantitative estimate of drug-likeness (QED) is 0.559. The minimum Gasteiger partial charge on any atom is -0.486 e. The van der Waals surface area contributed by atoms with Crippen LogP contribution in [0.3, 0.4) is 0 Å². The van der Waals surface area contributed by atoms with Crippen LogP contribution in [-0.4, -0.2) is 24.1 Å². The number of benzene rings is 1. The van der Waals surface area contributed by atoms with Gasteiger partial charge in [-0.3, -0.25) is 9.59 Å². The molecule has 1 heterocycles. The molecule has 0 amide bonds. The van der Waals surface area contributed by atoms with Gasteiger partial charge in [-0.2, -0.15) is 0 Å². The Kier molecular flexibility index (Phi) is 4.72. The molecular formula is C23H28O5. The number of allylic oxidation sites excluding steroid dienone is 1. The molecule has 0 radical (unpaired) electrons. The molecule has 0 aromatic heterocycles. The summed E-state index contributed by atoms with van der Waals surface area (Å²) in [4.78, 5) is 22.9. The Bertz CT molecular complexity index is 855. The first-order chi connectivity index (χ1) is 13.4. The van der Waals surface area contributed by atoms with Crippen molar-refractivity contribution in [2.45, 2.75) is 72.0 Å². The van der Waals surface area contributed by atoms with Gasteiger partial charge < -0.3 is 14.2 Å². The predicted molar refractivity (Wildman–Crippen MR) is 105 cm³/mol. The van der Waals surface area contributed by atoms with Crippen LogP contribution in [0.5, 0.6) is 11.5 Å². The molecule has 5 nitrogen and oxygen atoms in total. The van der Waals surface area contributed by atoms with Crippen LogP contribution in [0.2, 0.25) is 0 Å². The Balaban J connectivity index is 1.74. The van der Waals surface area contributed by atoms with Gasteiger partial charge in [0.1, 0.15) is 23.7 Å². The standard InChI is InChI=1S/C23H28O5/c1-5-23-11-10-18-17-7-6-16(27-14(3)24)12-20(17)26-13(2)22(18)19(23)8-9-21(23)28-15(4)25/h6-7,12-13,19,21H,5,8-11H2,1-4H3/t13-,19-,21-,23-/m0/s1. The van der Waals surface area contributed by atoms with E-state index in [9.17, 15) is 9.59 Å². The first-order valence-corrected chi connectivity index (χ1v) is 10.3. The van der Waals surface area contributed by atoms with Crippen LogP contribution < -0.4 is 9.47 Å². The van der Waals surface area contributed by atoms with Crippen molar-refractivity contribution in [3.05, 3.63) is 29.3 Å². The number of rotatable bonds is 3. The van der Waals surface area contributed by atoms with Gasteiger partial charge in [-0.15, -0.1) is 0 Å². The molecule has 4 rings (SSSR count). The van der Waals surface area contributed by atoms with Crippen LogP contribution in [-0.2, 0) is 14.3 Å². The van der Waals surface area contributed by atoms with Gasteiger partial charge in [0.05, 0.1) is 0 Å². The van der Waals surface area contributed by atoms with Crippen molar-refractivity contribution >= 4 is 17.5 Å². The molecule has 150 valence electrons. The molecule has 1 aromatic rings. The molecule has 0 spiro atoms. The molecule has 5 heteroatoms. The minimum absolute atomic E-state index is 0.00557. The third kappa shape index (κ3) is 2.92. The molecule has 0 N–H and O–H groups in total. The fourth-order valence-electron chi connectivity index (χ4n) is 5.81. The summed E-state index contributed by atoms with van der Waals surface area (Å²) in [6.45, 7) is 7.22. The van der Waals surface area contributed by atoms with Gasteiger partial charge in [-0.25, -0.2) is 0 Å². The third-order valence-corrected chi connectivity index (χ3v) is 6.87. The van der Waals surface area contributed by atoms with Crippen LogP contribution in [0.1, 0.15) is 65.4 Å². The molecule has 1 fully saturated rings. The Labute approximate surface area is 166 Å². The van der Waals surface area contributed by atoms with Crippen LogP contribution in [0.25, 0.3) is 5.57 Å². The van der Waals surface area contributed by atoms with Gasteiger partial charge in [0.2, 0.25) is 0 Å². The highest BCUT2D eigenvalue weighted by Gasteiger charge is 2.55.